The summed E-state index contributed by atoms with van der Waals surface area (Å²) in [5.74, 6) is 0.749. The largest absolute Gasteiger partial charge is 0.306 e. The van der Waals surface area contributed by atoms with E-state index in [2.05, 4.69) is 54.5 Å². The molecule has 0 saturated heterocycles. The third-order valence-electron chi connectivity index (χ3n) is 4.65. The summed E-state index contributed by atoms with van der Waals surface area (Å²) in [7, 11) is 0. The van der Waals surface area contributed by atoms with E-state index in [1.54, 1.807) is 0 Å². The maximum Gasteiger partial charge on any atom is 0.0597 e. The summed E-state index contributed by atoms with van der Waals surface area (Å²) >= 11 is 0. The molecule has 21 heavy (non-hydrogen) atoms. The van der Waals surface area contributed by atoms with Gasteiger partial charge in [0.15, 0.2) is 0 Å². The zero-order chi connectivity index (χ0) is 14.7. The summed E-state index contributed by atoms with van der Waals surface area (Å²) in [6.45, 7) is 5.30. The third-order valence-corrected chi connectivity index (χ3v) is 4.65. The first kappa shape index (κ1) is 14.3. The molecule has 0 aliphatic heterocycles. The van der Waals surface area contributed by atoms with E-state index in [1.807, 2.05) is 12.4 Å². The summed E-state index contributed by atoms with van der Waals surface area (Å²) in [6, 6.07) is 11.3. The fourth-order valence-electron chi connectivity index (χ4n) is 3.23. The number of hydrogen-bond acceptors (Lipinski definition) is 2. The van der Waals surface area contributed by atoms with Crippen LogP contribution in [0.5, 0.6) is 0 Å². The molecule has 2 nitrogen and oxygen atoms in total. The van der Waals surface area contributed by atoms with Crippen molar-refractivity contribution in [1.82, 2.24) is 10.3 Å². The van der Waals surface area contributed by atoms with Crippen LogP contribution in [-0.4, -0.2) is 11.5 Å². The molecular weight excluding hydrogens is 256 g/mol. The van der Waals surface area contributed by atoms with Crippen molar-refractivity contribution in [3.05, 3.63) is 65.0 Å². The number of pyridine rings is 1. The summed E-state index contributed by atoms with van der Waals surface area (Å²) in [5, 5.41) is 3.66. The van der Waals surface area contributed by atoms with Crippen LogP contribution in [0.15, 0.2) is 42.7 Å². The molecule has 1 atom stereocenters. The average Bonchev–Trinajstić information content (AvgIpc) is 2.45. The van der Waals surface area contributed by atoms with E-state index in [9.17, 15) is 0 Å². The minimum absolute atomic E-state index is 0.250. The maximum absolute atomic E-state index is 4.34. The van der Waals surface area contributed by atoms with Gasteiger partial charge in [0.2, 0.25) is 0 Å². The van der Waals surface area contributed by atoms with E-state index in [0.29, 0.717) is 0 Å². The van der Waals surface area contributed by atoms with E-state index >= 15 is 0 Å². The number of aryl methyl sites for hydroxylation is 1. The lowest BCUT2D eigenvalue weighted by atomic mass is 9.76. The molecule has 1 aromatic carbocycles. The molecule has 2 heteroatoms. The van der Waals surface area contributed by atoms with Gasteiger partial charge in [-0.2, -0.15) is 0 Å². The second kappa shape index (κ2) is 6.40. The van der Waals surface area contributed by atoms with Crippen LogP contribution in [0.4, 0.5) is 0 Å². The highest BCUT2D eigenvalue weighted by Crippen LogP contribution is 2.40. The lowest BCUT2D eigenvalue weighted by molar-refractivity contribution is 0.414. The molecule has 2 aromatic rings. The summed E-state index contributed by atoms with van der Waals surface area (Å²) in [4.78, 5) is 4.34. The van der Waals surface area contributed by atoms with E-state index in [-0.39, 0.29) is 6.04 Å². The fraction of sp³-hybridized carbons (Fsp3) is 0.421. The van der Waals surface area contributed by atoms with E-state index in [0.717, 1.165) is 12.5 Å². The van der Waals surface area contributed by atoms with Crippen LogP contribution in [0.2, 0.25) is 0 Å². The van der Waals surface area contributed by atoms with Crippen molar-refractivity contribution >= 4 is 0 Å². The van der Waals surface area contributed by atoms with Crippen molar-refractivity contribution in [2.75, 3.05) is 6.54 Å². The SMILES string of the molecule is CCNC(c1cnccc1C)c1ccccc1C1CCC1. The van der Waals surface area contributed by atoms with Crippen LogP contribution in [0.25, 0.3) is 0 Å². The number of hydrogen-bond donors (Lipinski definition) is 1. The maximum atomic E-state index is 4.34. The van der Waals surface area contributed by atoms with E-state index < -0.39 is 0 Å². The normalized spacial score (nSPS) is 16.5. The minimum Gasteiger partial charge on any atom is -0.306 e. The fourth-order valence-corrected chi connectivity index (χ4v) is 3.23. The van der Waals surface area contributed by atoms with Gasteiger partial charge in [0.05, 0.1) is 6.04 Å². The van der Waals surface area contributed by atoms with Gasteiger partial charge in [-0.1, -0.05) is 37.6 Å². The first-order valence-corrected chi connectivity index (χ1v) is 8.04. The van der Waals surface area contributed by atoms with Gasteiger partial charge in [-0.15, -0.1) is 0 Å². The standard InChI is InChI=1S/C19H24N2/c1-3-21-19(18-13-20-12-11-14(18)2)17-10-5-4-9-16(17)15-7-6-8-15/h4-5,9-13,15,19,21H,3,6-8H2,1-2H3. The van der Waals surface area contributed by atoms with Crippen LogP contribution in [0.3, 0.4) is 0 Å². The molecule has 1 aliphatic carbocycles. The van der Waals surface area contributed by atoms with Gasteiger partial charge in [0, 0.05) is 12.4 Å². The molecule has 1 unspecified atom stereocenters. The predicted molar refractivity (Wildman–Crippen MR) is 87.5 cm³/mol. The Hall–Kier alpha value is -1.67. The molecule has 3 rings (SSSR count). The van der Waals surface area contributed by atoms with Gasteiger partial charge >= 0.3 is 0 Å². The molecule has 1 N–H and O–H groups in total. The Balaban J connectivity index is 2.03. The number of nitrogens with one attached hydrogen (secondary N) is 1. The molecule has 1 heterocycles. The van der Waals surface area contributed by atoms with E-state index in [4.69, 9.17) is 0 Å². The van der Waals surface area contributed by atoms with Crippen molar-refractivity contribution < 1.29 is 0 Å². The second-order valence-corrected chi connectivity index (χ2v) is 5.98. The highest BCUT2D eigenvalue weighted by Gasteiger charge is 2.25. The summed E-state index contributed by atoms with van der Waals surface area (Å²) in [6.07, 6.45) is 7.93. The Morgan fingerprint density at radius 3 is 2.67 bits per heavy atom. The quantitative estimate of drug-likeness (QED) is 0.880. The second-order valence-electron chi connectivity index (χ2n) is 5.98. The molecule has 1 saturated carbocycles. The Morgan fingerprint density at radius 2 is 2.00 bits per heavy atom. The lowest BCUT2D eigenvalue weighted by Crippen LogP contribution is -2.25. The number of rotatable bonds is 5. The van der Waals surface area contributed by atoms with Gasteiger partial charge in [-0.05, 0) is 60.5 Å². The van der Waals surface area contributed by atoms with Crippen LogP contribution >= 0.6 is 0 Å². The third kappa shape index (κ3) is 2.86. The summed E-state index contributed by atoms with van der Waals surface area (Å²) < 4.78 is 0. The Kier molecular flexibility index (Phi) is 4.35. The lowest BCUT2D eigenvalue weighted by Gasteiger charge is -2.31. The van der Waals surface area contributed by atoms with Gasteiger partial charge < -0.3 is 5.32 Å². The van der Waals surface area contributed by atoms with Crippen LogP contribution in [0, 0.1) is 6.92 Å². The zero-order valence-corrected chi connectivity index (χ0v) is 13.0. The van der Waals surface area contributed by atoms with Gasteiger partial charge in [-0.3, -0.25) is 4.98 Å². The minimum atomic E-state index is 0.250. The molecule has 0 bridgehead atoms. The van der Waals surface area contributed by atoms with Crippen molar-refractivity contribution in [2.45, 2.75) is 45.1 Å². The highest BCUT2D eigenvalue weighted by atomic mass is 14.9. The smallest absolute Gasteiger partial charge is 0.0597 e. The highest BCUT2D eigenvalue weighted by molar-refractivity contribution is 5.41. The van der Waals surface area contributed by atoms with Gasteiger partial charge in [0.25, 0.3) is 0 Å². The van der Waals surface area contributed by atoms with Gasteiger partial charge in [0.1, 0.15) is 0 Å². The molecular formula is C19H24N2. The van der Waals surface area contributed by atoms with Crippen molar-refractivity contribution in [3.63, 3.8) is 0 Å². The number of nitrogens with zero attached hydrogens (tertiary/aromatic N) is 1. The Morgan fingerprint density at radius 1 is 1.19 bits per heavy atom. The van der Waals surface area contributed by atoms with Crippen molar-refractivity contribution in [1.29, 1.82) is 0 Å². The monoisotopic (exact) mass is 280 g/mol. The van der Waals surface area contributed by atoms with Crippen molar-refractivity contribution in [2.24, 2.45) is 0 Å². The zero-order valence-electron chi connectivity index (χ0n) is 13.0. The molecule has 0 radical (unpaired) electrons. The van der Waals surface area contributed by atoms with Crippen molar-refractivity contribution in [3.8, 4) is 0 Å². The van der Waals surface area contributed by atoms with E-state index in [1.165, 1.54) is 41.5 Å². The number of aromatic nitrogens is 1. The molecule has 1 aromatic heterocycles. The Bertz CT molecular complexity index is 602. The number of benzene rings is 1. The topological polar surface area (TPSA) is 24.9 Å². The predicted octanol–water partition coefficient (Wildman–Crippen LogP) is 4.36. The average molecular weight is 280 g/mol. The molecule has 1 fully saturated rings. The molecule has 0 amide bonds. The summed E-state index contributed by atoms with van der Waals surface area (Å²) in [5.41, 5.74) is 5.56. The van der Waals surface area contributed by atoms with Crippen LogP contribution < -0.4 is 5.32 Å². The Labute approximate surface area is 127 Å². The van der Waals surface area contributed by atoms with Gasteiger partial charge in [-0.25, -0.2) is 0 Å². The molecule has 1 aliphatic rings. The molecule has 0 spiro atoms. The molecule has 110 valence electrons. The van der Waals surface area contributed by atoms with Crippen LogP contribution in [-0.2, 0) is 0 Å². The first-order valence-electron chi connectivity index (χ1n) is 8.04. The first-order chi connectivity index (χ1) is 10.3. The van der Waals surface area contributed by atoms with Crippen LogP contribution in [0.1, 0.15) is 60.4 Å².